The van der Waals surface area contributed by atoms with Crippen molar-refractivity contribution in [2.45, 2.75) is 50.0 Å². The molecule has 2 rings (SSSR count). The number of halogens is 2. The maximum atomic E-state index is 13.8. The molecular formula is C14H20F2N2O2S. The molecule has 1 fully saturated rings. The Labute approximate surface area is 123 Å². The number of hydrogen-bond acceptors (Lipinski definition) is 3. The monoisotopic (exact) mass is 318 g/mol. The summed E-state index contributed by atoms with van der Waals surface area (Å²) in [6.07, 6.45) is 4.46. The second-order valence-electron chi connectivity index (χ2n) is 5.52. The van der Waals surface area contributed by atoms with Crippen molar-refractivity contribution >= 4 is 15.7 Å². The van der Waals surface area contributed by atoms with Gasteiger partial charge in [0.2, 0.25) is 10.0 Å². The summed E-state index contributed by atoms with van der Waals surface area (Å²) >= 11 is 0. The molecular weight excluding hydrogens is 298 g/mol. The normalized spacial score (nSPS) is 23.2. The molecule has 1 aliphatic carbocycles. The maximum absolute atomic E-state index is 13.8. The largest absolute Gasteiger partial charge is 0.394 e. The summed E-state index contributed by atoms with van der Waals surface area (Å²) in [7, 11) is -4.03. The number of hydrogen-bond donors (Lipinski definition) is 2. The molecule has 0 amide bonds. The van der Waals surface area contributed by atoms with Gasteiger partial charge in [-0.05, 0) is 43.7 Å². The summed E-state index contributed by atoms with van der Waals surface area (Å²) in [4.78, 5) is -0.598. The van der Waals surface area contributed by atoms with Crippen molar-refractivity contribution in [3.63, 3.8) is 0 Å². The number of rotatable bonds is 4. The summed E-state index contributed by atoms with van der Waals surface area (Å²) < 4.78 is 53.9. The van der Waals surface area contributed by atoms with Crippen molar-refractivity contribution in [1.29, 1.82) is 0 Å². The maximum Gasteiger partial charge on any atom is 0.243 e. The second kappa shape index (κ2) is 6.27. The van der Waals surface area contributed by atoms with Crippen molar-refractivity contribution < 1.29 is 17.2 Å². The van der Waals surface area contributed by atoms with Crippen LogP contribution in [0.5, 0.6) is 0 Å². The zero-order chi connectivity index (χ0) is 15.6. The molecule has 21 heavy (non-hydrogen) atoms. The van der Waals surface area contributed by atoms with Gasteiger partial charge in [0, 0.05) is 6.04 Å². The quantitative estimate of drug-likeness (QED) is 0.839. The molecule has 0 unspecified atom stereocenters. The van der Waals surface area contributed by atoms with Gasteiger partial charge in [0.1, 0.15) is 16.4 Å². The number of nitrogens with one attached hydrogen (secondary N) is 1. The first-order chi connectivity index (χ1) is 9.85. The van der Waals surface area contributed by atoms with Gasteiger partial charge in [-0.3, -0.25) is 0 Å². The molecule has 0 atom stereocenters. The van der Waals surface area contributed by atoms with Gasteiger partial charge in [0.15, 0.2) is 5.82 Å². The minimum atomic E-state index is -4.03. The molecule has 0 saturated heterocycles. The predicted molar refractivity (Wildman–Crippen MR) is 77.1 cm³/mol. The highest BCUT2D eigenvalue weighted by Crippen LogP contribution is 2.28. The van der Waals surface area contributed by atoms with E-state index < -0.39 is 32.2 Å². The van der Waals surface area contributed by atoms with Gasteiger partial charge in [0.25, 0.3) is 0 Å². The summed E-state index contributed by atoms with van der Waals surface area (Å²) in [6.45, 7) is 2.12. The SMILES string of the molecule is CCC1CCC(NS(=O)(=O)c2ccc(F)c(N)c2F)CC1. The lowest BCUT2D eigenvalue weighted by molar-refractivity contribution is 0.306. The van der Waals surface area contributed by atoms with E-state index in [0.717, 1.165) is 44.2 Å². The van der Waals surface area contributed by atoms with Crippen LogP contribution in [0.1, 0.15) is 39.0 Å². The highest BCUT2D eigenvalue weighted by atomic mass is 32.2. The summed E-state index contributed by atoms with van der Waals surface area (Å²) in [5.74, 6) is -1.57. The van der Waals surface area contributed by atoms with Gasteiger partial charge in [-0.25, -0.2) is 21.9 Å². The molecule has 0 bridgehead atoms. The molecule has 4 nitrogen and oxygen atoms in total. The molecule has 0 spiro atoms. The van der Waals surface area contributed by atoms with Gasteiger partial charge in [-0.15, -0.1) is 0 Å². The van der Waals surface area contributed by atoms with E-state index in [-0.39, 0.29) is 6.04 Å². The third-order valence-electron chi connectivity index (χ3n) is 4.13. The Balaban J connectivity index is 2.15. The molecule has 118 valence electrons. The number of sulfonamides is 1. The van der Waals surface area contributed by atoms with Crippen LogP contribution >= 0.6 is 0 Å². The third kappa shape index (κ3) is 3.52. The van der Waals surface area contributed by atoms with Gasteiger partial charge in [-0.2, -0.15) is 0 Å². The number of nitrogens with two attached hydrogens (primary N) is 1. The molecule has 1 saturated carbocycles. The zero-order valence-electron chi connectivity index (χ0n) is 11.9. The minimum Gasteiger partial charge on any atom is -0.394 e. The fraction of sp³-hybridized carbons (Fsp3) is 0.571. The number of benzene rings is 1. The Morgan fingerprint density at radius 2 is 1.86 bits per heavy atom. The summed E-state index contributed by atoms with van der Waals surface area (Å²) in [5.41, 5.74) is 4.44. The number of nitrogen functional groups attached to an aromatic ring is 1. The Morgan fingerprint density at radius 3 is 2.43 bits per heavy atom. The molecule has 0 radical (unpaired) electrons. The molecule has 0 heterocycles. The first-order valence-electron chi connectivity index (χ1n) is 7.11. The van der Waals surface area contributed by atoms with Gasteiger partial charge < -0.3 is 5.73 Å². The van der Waals surface area contributed by atoms with Crippen LogP contribution in [0, 0.1) is 17.6 Å². The fourth-order valence-electron chi connectivity index (χ4n) is 2.73. The highest BCUT2D eigenvalue weighted by molar-refractivity contribution is 7.89. The van der Waals surface area contributed by atoms with Crippen molar-refractivity contribution in [2.24, 2.45) is 5.92 Å². The van der Waals surface area contributed by atoms with Crippen LogP contribution in [0.25, 0.3) is 0 Å². The van der Waals surface area contributed by atoms with Crippen molar-refractivity contribution in [3.8, 4) is 0 Å². The lowest BCUT2D eigenvalue weighted by Crippen LogP contribution is -2.38. The van der Waals surface area contributed by atoms with E-state index in [2.05, 4.69) is 11.6 Å². The van der Waals surface area contributed by atoms with Crippen molar-refractivity contribution in [3.05, 3.63) is 23.8 Å². The van der Waals surface area contributed by atoms with Gasteiger partial charge in [0.05, 0.1) is 0 Å². The third-order valence-corrected chi connectivity index (χ3v) is 5.66. The smallest absolute Gasteiger partial charge is 0.243 e. The van der Waals surface area contributed by atoms with E-state index >= 15 is 0 Å². The van der Waals surface area contributed by atoms with Gasteiger partial charge >= 0.3 is 0 Å². The van der Waals surface area contributed by atoms with Gasteiger partial charge in [-0.1, -0.05) is 13.3 Å². The lowest BCUT2D eigenvalue weighted by Gasteiger charge is -2.28. The standard InChI is InChI=1S/C14H20F2N2O2S/c1-2-9-3-5-10(6-4-9)18-21(19,20)12-8-7-11(15)14(17)13(12)16/h7-10,18H,2-6,17H2,1H3. The first kappa shape index (κ1) is 16.2. The Kier molecular flexibility index (Phi) is 4.83. The number of anilines is 1. The summed E-state index contributed by atoms with van der Waals surface area (Å²) in [5, 5.41) is 0. The van der Waals surface area contributed by atoms with Crippen LogP contribution in [-0.4, -0.2) is 14.5 Å². The van der Waals surface area contributed by atoms with E-state index in [9.17, 15) is 17.2 Å². The van der Waals surface area contributed by atoms with Crippen LogP contribution in [0.3, 0.4) is 0 Å². The topological polar surface area (TPSA) is 72.2 Å². The lowest BCUT2D eigenvalue weighted by atomic mass is 9.85. The molecule has 0 aliphatic heterocycles. The molecule has 1 aromatic carbocycles. The predicted octanol–water partition coefficient (Wildman–Crippen LogP) is 2.79. The second-order valence-corrected chi connectivity index (χ2v) is 7.20. The molecule has 1 aromatic rings. The minimum absolute atomic E-state index is 0.205. The van der Waals surface area contributed by atoms with E-state index in [1.165, 1.54) is 0 Å². The van der Waals surface area contributed by atoms with Crippen LogP contribution in [0.2, 0.25) is 0 Å². The van der Waals surface area contributed by atoms with E-state index in [1.807, 2.05) is 0 Å². The Morgan fingerprint density at radius 1 is 1.24 bits per heavy atom. The first-order valence-corrected chi connectivity index (χ1v) is 8.59. The molecule has 0 aromatic heterocycles. The van der Waals surface area contributed by atoms with Crippen LogP contribution in [0.15, 0.2) is 17.0 Å². The molecule has 1 aliphatic rings. The van der Waals surface area contributed by atoms with Crippen LogP contribution in [0.4, 0.5) is 14.5 Å². The summed E-state index contributed by atoms with van der Waals surface area (Å²) in [6, 6.07) is 1.56. The molecule has 7 heteroatoms. The van der Waals surface area contributed by atoms with Crippen LogP contribution in [-0.2, 0) is 10.0 Å². The fourth-order valence-corrected chi connectivity index (χ4v) is 4.12. The Hall–Kier alpha value is -1.21. The van der Waals surface area contributed by atoms with E-state index in [1.54, 1.807) is 0 Å². The van der Waals surface area contributed by atoms with E-state index in [0.29, 0.717) is 5.92 Å². The van der Waals surface area contributed by atoms with E-state index in [4.69, 9.17) is 5.73 Å². The average Bonchev–Trinajstić information content (AvgIpc) is 2.45. The van der Waals surface area contributed by atoms with Crippen LogP contribution < -0.4 is 10.5 Å². The average molecular weight is 318 g/mol. The Bertz CT molecular complexity index is 612. The van der Waals surface area contributed by atoms with Crippen molar-refractivity contribution in [1.82, 2.24) is 4.72 Å². The zero-order valence-corrected chi connectivity index (χ0v) is 12.7. The molecule has 3 N–H and O–H groups in total. The highest BCUT2D eigenvalue weighted by Gasteiger charge is 2.28. The van der Waals surface area contributed by atoms with Crippen molar-refractivity contribution in [2.75, 3.05) is 5.73 Å².